The quantitative estimate of drug-likeness (QED) is 0.533. The maximum Gasteiger partial charge on any atom is 0.191 e. The van der Waals surface area contributed by atoms with Gasteiger partial charge in [-0.15, -0.1) is 0 Å². The molecule has 3 N–H and O–H groups in total. The Morgan fingerprint density at radius 2 is 1.96 bits per heavy atom. The van der Waals surface area contributed by atoms with Gasteiger partial charge in [0, 0.05) is 13.1 Å². The molecule has 5 nitrogen and oxygen atoms in total. The van der Waals surface area contributed by atoms with Crippen LogP contribution in [0.15, 0.2) is 47.5 Å². The zero-order valence-electron chi connectivity index (χ0n) is 14.6. The van der Waals surface area contributed by atoms with Crippen LogP contribution in [0, 0.1) is 5.82 Å². The number of rotatable bonds is 7. The second kappa shape index (κ2) is 9.52. The molecule has 25 heavy (non-hydrogen) atoms. The fourth-order valence-corrected chi connectivity index (χ4v) is 2.27. The third-order valence-electron chi connectivity index (χ3n) is 3.44. The van der Waals surface area contributed by atoms with Gasteiger partial charge in [0.05, 0.1) is 13.2 Å². The lowest BCUT2D eigenvalue weighted by atomic mass is 10.2. The molecule has 0 aliphatic heterocycles. The number of hydrogen-bond acceptors (Lipinski definition) is 3. The summed E-state index contributed by atoms with van der Waals surface area (Å²) in [7, 11) is 0. The van der Waals surface area contributed by atoms with Gasteiger partial charge in [-0.05, 0) is 49.2 Å². The van der Waals surface area contributed by atoms with E-state index >= 15 is 0 Å². The Labute approximate surface area is 147 Å². The summed E-state index contributed by atoms with van der Waals surface area (Å²) in [4.78, 5) is 4.46. The lowest BCUT2D eigenvalue weighted by Crippen LogP contribution is -2.36. The average molecular weight is 345 g/mol. The Hall–Kier alpha value is -2.76. The van der Waals surface area contributed by atoms with Crippen molar-refractivity contribution in [1.82, 2.24) is 10.6 Å². The van der Waals surface area contributed by atoms with Crippen LogP contribution < -0.4 is 15.4 Å². The van der Waals surface area contributed by atoms with Crippen LogP contribution in [0.1, 0.15) is 25.0 Å². The molecule has 0 radical (unpaired) electrons. The summed E-state index contributed by atoms with van der Waals surface area (Å²) in [6.07, 6.45) is 0. The lowest BCUT2D eigenvalue weighted by molar-refractivity contribution is 0.317. The molecule has 0 unspecified atom stereocenters. The van der Waals surface area contributed by atoms with Crippen LogP contribution in [0.2, 0.25) is 0 Å². The summed E-state index contributed by atoms with van der Waals surface area (Å²) < 4.78 is 18.6. The highest BCUT2D eigenvalue weighted by Gasteiger charge is 2.05. The summed E-state index contributed by atoms with van der Waals surface area (Å²) in [5.41, 5.74) is 1.76. The van der Waals surface area contributed by atoms with E-state index in [1.54, 1.807) is 18.2 Å². The van der Waals surface area contributed by atoms with Gasteiger partial charge in [0.25, 0.3) is 0 Å². The highest BCUT2D eigenvalue weighted by Crippen LogP contribution is 2.26. The first-order chi connectivity index (χ1) is 12.1. The first-order valence-electron chi connectivity index (χ1n) is 8.33. The molecule has 134 valence electrons. The Morgan fingerprint density at radius 1 is 1.12 bits per heavy atom. The second-order valence-corrected chi connectivity index (χ2v) is 5.41. The molecule has 0 aliphatic carbocycles. The molecule has 2 aromatic rings. The molecule has 0 atom stereocenters. The van der Waals surface area contributed by atoms with E-state index in [2.05, 4.69) is 15.6 Å². The Morgan fingerprint density at radius 3 is 2.68 bits per heavy atom. The van der Waals surface area contributed by atoms with E-state index in [9.17, 15) is 9.50 Å². The van der Waals surface area contributed by atoms with Crippen molar-refractivity contribution in [3.63, 3.8) is 0 Å². The van der Waals surface area contributed by atoms with Crippen molar-refractivity contribution in [3.8, 4) is 11.5 Å². The zero-order chi connectivity index (χ0) is 18.1. The van der Waals surface area contributed by atoms with Crippen LogP contribution in [-0.4, -0.2) is 24.2 Å². The smallest absolute Gasteiger partial charge is 0.191 e. The van der Waals surface area contributed by atoms with Crippen molar-refractivity contribution >= 4 is 5.96 Å². The minimum atomic E-state index is -0.266. The molecule has 0 spiro atoms. The first kappa shape index (κ1) is 18.6. The number of phenols is 1. The van der Waals surface area contributed by atoms with E-state index in [0.29, 0.717) is 31.4 Å². The van der Waals surface area contributed by atoms with E-state index < -0.39 is 0 Å². The van der Waals surface area contributed by atoms with Crippen LogP contribution in [0.4, 0.5) is 4.39 Å². The van der Waals surface area contributed by atoms with Gasteiger partial charge in [-0.2, -0.15) is 0 Å². The summed E-state index contributed by atoms with van der Waals surface area (Å²) in [5.74, 6) is 0.955. The lowest BCUT2D eigenvalue weighted by Gasteiger charge is -2.13. The Balaban J connectivity index is 2.01. The van der Waals surface area contributed by atoms with E-state index in [0.717, 1.165) is 17.7 Å². The highest BCUT2D eigenvalue weighted by atomic mass is 19.1. The summed E-state index contributed by atoms with van der Waals surface area (Å²) in [5, 5.41) is 16.1. The van der Waals surface area contributed by atoms with Gasteiger partial charge in [0.1, 0.15) is 5.82 Å². The van der Waals surface area contributed by atoms with Crippen molar-refractivity contribution in [1.29, 1.82) is 0 Å². The number of aliphatic imine (C=N–C) groups is 1. The van der Waals surface area contributed by atoms with Crippen molar-refractivity contribution in [2.45, 2.75) is 26.9 Å². The first-order valence-corrected chi connectivity index (χ1v) is 8.33. The van der Waals surface area contributed by atoms with Crippen LogP contribution in [0.3, 0.4) is 0 Å². The van der Waals surface area contributed by atoms with Gasteiger partial charge in [-0.25, -0.2) is 9.38 Å². The maximum atomic E-state index is 13.2. The van der Waals surface area contributed by atoms with Crippen molar-refractivity contribution < 1.29 is 14.2 Å². The molecule has 2 aromatic carbocycles. The zero-order valence-corrected chi connectivity index (χ0v) is 14.6. The Bertz CT molecular complexity index is 720. The largest absolute Gasteiger partial charge is 0.504 e. The van der Waals surface area contributed by atoms with Gasteiger partial charge < -0.3 is 20.5 Å². The molecule has 0 saturated carbocycles. The molecule has 0 fully saturated rings. The molecule has 0 bridgehead atoms. The van der Waals surface area contributed by atoms with E-state index in [1.807, 2.05) is 26.0 Å². The molecule has 0 amide bonds. The van der Waals surface area contributed by atoms with Crippen molar-refractivity contribution in [2.75, 3.05) is 13.2 Å². The summed E-state index contributed by atoms with van der Waals surface area (Å²) in [6, 6.07) is 11.6. The SMILES string of the molecule is CCNC(=NCc1cccc(F)c1)NCc1ccc(O)c(OCC)c1. The number of ether oxygens (including phenoxy) is 1. The molecular formula is C19H24FN3O2. The van der Waals surface area contributed by atoms with Crippen LogP contribution in [-0.2, 0) is 13.1 Å². The third-order valence-corrected chi connectivity index (χ3v) is 3.44. The average Bonchev–Trinajstić information content (AvgIpc) is 2.60. The van der Waals surface area contributed by atoms with E-state index in [4.69, 9.17) is 4.74 Å². The minimum Gasteiger partial charge on any atom is -0.504 e. The number of nitrogens with one attached hydrogen (secondary N) is 2. The molecule has 0 aromatic heterocycles. The van der Waals surface area contributed by atoms with Crippen molar-refractivity contribution in [2.24, 2.45) is 4.99 Å². The fraction of sp³-hybridized carbons (Fsp3) is 0.316. The predicted molar refractivity (Wildman–Crippen MR) is 97.3 cm³/mol. The molecule has 0 heterocycles. The van der Waals surface area contributed by atoms with Crippen LogP contribution in [0.5, 0.6) is 11.5 Å². The molecule has 6 heteroatoms. The van der Waals surface area contributed by atoms with Crippen LogP contribution >= 0.6 is 0 Å². The topological polar surface area (TPSA) is 65.9 Å². The third kappa shape index (κ3) is 5.99. The Kier molecular flexibility index (Phi) is 7.07. The molecule has 0 aliphatic rings. The van der Waals surface area contributed by atoms with Gasteiger partial charge in [0.2, 0.25) is 0 Å². The maximum absolute atomic E-state index is 13.2. The number of halogens is 1. The molecule has 0 saturated heterocycles. The summed E-state index contributed by atoms with van der Waals surface area (Å²) >= 11 is 0. The molecule has 2 rings (SSSR count). The van der Waals surface area contributed by atoms with Crippen LogP contribution in [0.25, 0.3) is 0 Å². The highest BCUT2D eigenvalue weighted by molar-refractivity contribution is 5.79. The van der Waals surface area contributed by atoms with Crippen molar-refractivity contribution in [3.05, 3.63) is 59.4 Å². The number of benzene rings is 2. The number of nitrogens with zero attached hydrogens (tertiary/aromatic N) is 1. The van der Waals surface area contributed by atoms with E-state index in [-0.39, 0.29) is 11.6 Å². The van der Waals surface area contributed by atoms with Gasteiger partial charge in [-0.1, -0.05) is 18.2 Å². The minimum absolute atomic E-state index is 0.122. The number of aromatic hydroxyl groups is 1. The number of guanidine groups is 1. The van der Waals surface area contributed by atoms with E-state index in [1.165, 1.54) is 12.1 Å². The van der Waals surface area contributed by atoms with Gasteiger partial charge in [0.15, 0.2) is 17.5 Å². The fourth-order valence-electron chi connectivity index (χ4n) is 2.27. The monoisotopic (exact) mass is 345 g/mol. The number of hydrogen-bond donors (Lipinski definition) is 3. The molecular weight excluding hydrogens is 321 g/mol. The van der Waals surface area contributed by atoms with Gasteiger partial charge in [-0.3, -0.25) is 0 Å². The predicted octanol–water partition coefficient (Wildman–Crippen LogP) is 3.19. The second-order valence-electron chi connectivity index (χ2n) is 5.41. The number of phenolic OH excluding ortho intramolecular Hbond substituents is 1. The summed E-state index contributed by atoms with van der Waals surface area (Å²) in [6.45, 7) is 5.96. The van der Waals surface area contributed by atoms with Gasteiger partial charge >= 0.3 is 0 Å². The standard InChI is InChI=1S/C19H24FN3O2/c1-3-21-19(22-12-14-6-5-7-16(20)10-14)23-13-15-8-9-17(24)18(11-15)25-4-2/h5-11,24H,3-4,12-13H2,1-2H3,(H2,21,22,23). The normalized spacial score (nSPS) is 11.2.